The number of carbonyl (C=O) groups excluding carboxylic acids is 1. The van der Waals surface area contributed by atoms with Crippen molar-refractivity contribution in [2.75, 3.05) is 17.7 Å². The van der Waals surface area contributed by atoms with Crippen molar-refractivity contribution in [3.8, 4) is 5.88 Å². The lowest BCUT2D eigenvalue weighted by molar-refractivity contribution is -0.116. The van der Waals surface area contributed by atoms with E-state index in [2.05, 4.69) is 20.6 Å². The average Bonchev–Trinajstić information content (AvgIpc) is 2.62. The molecular weight excluding hydrogens is 304 g/mol. The van der Waals surface area contributed by atoms with Crippen molar-refractivity contribution >= 4 is 28.2 Å². The van der Waals surface area contributed by atoms with Crippen molar-refractivity contribution in [1.29, 1.82) is 0 Å². The van der Waals surface area contributed by atoms with Crippen LogP contribution >= 0.6 is 0 Å². The normalized spacial score (nSPS) is 11.8. The summed E-state index contributed by atoms with van der Waals surface area (Å²) in [4.78, 5) is 20.8. The standard InChI is InChI=1S/C18H18N4O2/c1-12(21-13-8-9-17(24-2)20-11-13)18(23)22-16-7-3-6-15-14(16)5-4-10-19-15/h3-12,21H,1-2H3,(H,22,23). The zero-order valence-corrected chi connectivity index (χ0v) is 13.5. The van der Waals surface area contributed by atoms with Gasteiger partial charge in [0.25, 0.3) is 0 Å². The molecule has 1 amide bonds. The van der Waals surface area contributed by atoms with Gasteiger partial charge in [0.05, 0.1) is 30.2 Å². The Hall–Kier alpha value is -3.15. The number of hydrogen-bond donors (Lipinski definition) is 2. The molecule has 3 rings (SSSR count). The Balaban J connectivity index is 1.71. The number of nitrogens with zero attached hydrogens (tertiary/aromatic N) is 2. The third kappa shape index (κ3) is 3.43. The quantitative estimate of drug-likeness (QED) is 0.755. The first-order valence-electron chi connectivity index (χ1n) is 7.58. The third-order valence-corrected chi connectivity index (χ3v) is 3.63. The zero-order chi connectivity index (χ0) is 16.9. The largest absolute Gasteiger partial charge is 0.481 e. The maximum atomic E-state index is 12.4. The number of aromatic nitrogens is 2. The maximum absolute atomic E-state index is 12.4. The van der Waals surface area contributed by atoms with Gasteiger partial charge in [0, 0.05) is 17.6 Å². The molecule has 6 heteroatoms. The molecule has 0 fully saturated rings. The van der Waals surface area contributed by atoms with Crippen LogP contribution < -0.4 is 15.4 Å². The van der Waals surface area contributed by atoms with Crippen LogP contribution in [0.4, 0.5) is 11.4 Å². The van der Waals surface area contributed by atoms with E-state index in [9.17, 15) is 4.79 Å². The first-order chi connectivity index (χ1) is 11.7. The zero-order valence-electron chi connectivity index (χ0n) is 13.5. The number of fused-ring (bicyclic) bond motifs is 1. The lowest BCUT2D eigenvalue weighted by Crippen LogP contribution is -2.31. The van der Waals surface area contributed by atoms with Gasteiger partial charge in [-0.05, 0) is 37.3 Å². The minimum absolute atomic E-state index is 0.137. The molecule has 0 saturated carbocycles. The van der Waals surface area contributed by atoms with Crippen LogP contribution in [0.5, 0.6) is 5.88 Å². The monoisotopic (exact) mass is 322 g/mol. The average molecular weight is 322 g/mol. The van der Waals surface area contributed by atoms with Crippen LogP contribution in [0.25, 0.3) is 10.9 Å². The third-order valence-electron chi connectivity index (χ3n) is 3.63. The minimum Gasteiger partial charge on any atom is -0.481 e. The van der Waals surface area contributed by atoms with Crippen molar-refractivity contribution < 1.29 is 9.53 Å². The summed E-state index contributed by atoms with van der Waals surface area (Å²) in [6.45, 7) is 1.79. The van der Waals surface area contributed by atoms with Crippen LogP contribution in [0.3, 0.4) is 0 Å². The second-order valence-electron chi connectivity index (χ2n) is 5.32. The maximum Gasteiger partial charge on any atom is 0.246 e. The lowest BCUT2D eigenvalue weighted by atomic mass is 10.1. The molecule has 6 nitrogen and oxygen atoms in total. The molecule has 3 aromatic rings. The fourth-order valence-electron chi connectivity index (χ4n) is 2.36. The summed E-state index contributed by atoms with van der Waals surface area (Å²) < 4.78 is 5.02. The SMILES string of the molecule is COc1ccc(NC(C)C(=O)Nc2cccc3ncccc23)cn1. The van der Waals surface area contributed by atoms with E-state index in [1.807, 2.05) is 36.4 Å². The first kappa shape index (κ1) is 15.7. The van der Waals surface area contributed by atoms with Gasteiger partial charge in [-0.15, -0.1) is 0 Å². The molecule has 0 aliphatic carbocycles. The van der Waals surface area contributed by atoms with Gasteiger partial charge in [-0.3, -0.25) is 9.78 Å². The van der Waals surface area contributed by atoms with Gasteiger partial charge in [-0.1, -0.05) is 6.07 Å². The summed E-state index contributed by atoms with van der Waals surface area (Å²) in [6.07, 6.45) is 3.36. The molecule has 2 heterocycles. The van der Waals surface area contributed by atoms with E-state index in [4.69, 9.17) is 4.74 Å². The summed E-state index contributed by atoms with van der Waals surface area (Å²) >= 11 is 0. The molecule has 122 valence electrons. The van der Waals surface area contributed by atoms with Crippen LogP contribution in [0, 0.1) is 0 Å². The Kier molecular flexibility index (Phi) is 4.56. The van der Waals surface area contributed by atoms with Crippen LogP contribution in [0.2, 0.25) is 0 Å². The lowest BCUT2D eigenvalue weighted by Gasteiger charge is -2.16. The first-order valence-corrected chi connectivity index (χ1v) is 7.58. The van der Waals surface area contributed by atoms with Gasteiger partial charge in [0.15, 0.2) is 0 Å². The van der Waals surface area contributed by atoms with E-state index in [0.717, 1.165) is 22.3 Å². The minimum atomic E-state index is -0.424. The molecular formula is C18H18N4O2. The summed E-state index contributed by atoms with van der Waals surface area (Å²) in [5.74, 6) is 0.392. The highest BCUT2D eigenvalue weighted by Crippen LogP contribution is 2.21. The van der Waals surface area contributed by atoms with Crippen molar-refractivity contribution in [2.45, 2.75) is 13.0 Å². The fraction of sp³-hybridized carbons (Fsp3) is 0.167. The van der Waals surface area contributed by atoms with Gasteiger partial charge < -0.3 is 15.4 Å². The van der Waals surface area contributed by atoms with Crippen LogP contribution in [-0.4, -0.2) is 29.0 Å². The molecule has 1 aromatic carbocycles. The van der Waals surface area contributed by atoms with Gasteiger partial charge >= 0.3 is 0 Å². The van der Waals surface area contributed by atoms with Crippen LogP contribution in [0.1, 0.15) is 6.92 Å². The number of hydrogen-bond acceptors (Lipinski definition) is 5. The number of nitrogens with one attached hydrogen (secondary N) is 2. The Morgan fingerprint density at radius 1 is 1.12 bits per heavy atom. The summed E-state index contributed by atoms with van der Waals surface area (Å²) in [7, 11) is 1.56. The van der Waals surface area contributed by atoms with Gasteiger partial charge in [-0.25, -0.2) is 4.98 Å². The van der Waals surface area contributed by atoms with E-state index in [1.165, 1.54) is 0 Å². The number of rotatable bonds is 5. The van der Waals surface area contributed by atoms with E-state index >= 15 is 0 Å². The number of benzene rings is 1. The predicted octanol–water partition coefficient (Wildman–Crippen LogP) is 3.08. The van der Waals surface area contributed by atoms with E-state index in [0.29, 0.717) is 5.88 Å². The highest BCUT2D eigenvalue weighted by atomic mass is 16.5. The van der Waals surface area contributed by atoms with E-state index in [1.54, 1.807) is 32.5 Å². The highest BCUT2D eigenvalue weighted by molar-refractivity contribution is 6.03. The van der Waals surface area contributed by atoms with E-state index in [-0.39, 0.29) is 5.91 Å². The van der Waals surface area contributed by atoms with Crippen molar-refractivity contribution in [3.05, 3.63) is 54.9 Å². The highest BCUT2D eigenvalue weighted by Gasteiger charge is 2.14. The van der Waals surface area contributed by atoms with Gasteiger partial charge in [-0.2, -0.15) is 0 Å². The molecule has 0 spiro atoms. The molecule has 0 radical (unpaired) electrons. The smallest absolute Gasteiger partial charge is 0.246 e. The van der Waals surface area contributed by atoms with Gasteiger partial charge in [0.2, 0.25) is 11.8 Å². The molecule has 1 unspecified atom stereocenters. The number of pyridine rings is 2. The topological polar surface area (TPSA) is 76.1 Å². The van der Waals surface area contributed by atoms with Crippen molar-refractivity contribution in [3.63, 3.8) is 0 Å². The van der Waals surface area contributed by atoms with Crippen molar-refractivity contribution in [2.24, 2.45) is 0 Å². The fourth-order valence-corrected chi connectivity index (χ4v) is 2.36. The molecule has 0 aliphatic heterocycles. The Bertz CT molecular complexity index is 844. The summed E-state index contributed by atoms with van der Waals surface area (Å²) in [5, 5.41) is 6.97. The second-order valence-corrected chi connectivity index (χ2v) is 5.32. The number of methoxy groups -OCH3 is 1. The number of carbonyl (C=O) groups is 1. The molecule has 0 aliphatic rings. The number of anilines is 2. The van der Waals surface area contributed by atoms with Gasteiger partial charge in [0.1, 0.15) is 6.04 Å². The Morgan fingerprint density at radius 2 is 2.00 bits per heavy atom. The van der Waals surface area contributed by atoms with Crippen LogP contribution in [-0.2, 0) is 4.79 Å². The molecule has 2 aromatic heterocycles. The molecule has 2 N–H and O–H groups in total. The Morgan fingerprint density at radius 3 is 2.75 bits per heavy atom. The number of amides is 1. The molecule has 0 bridgehead atoms. The number of ether oxygens (including phenoxy) is 1. The Labute approximate surface area is 139 Å². The predicted molar refractivity (Wildman–Crippen MR) is 94.2 cm³/mol. The molecule has 0 saturated heterocycles. The second kappa shape index (κ2) is 6.95. The van der Waals surface area contributed by atoms with E-state index < -0.39 is 6.04 Å². The molecule has 24 heavy (non-hydrogen) atoms. The molecule has 1 atom stereocenters. The summed E-state index contributed by atoms with van der Waals surface area (Å²) in [6, 6.07) is 12.6. The van der Waals surface area contributed by atoms with Crippen LogP contribution in [0.15, 0.2) is 54.9 Å². The van der Waals surface area contributed by atoms with Crippen molar-refractivity contribution in [1.82, 2.24) is 9.97 Å². The summed E-state index contributed by atoms with van der Waals surface area (Å²) in [5.41, 5.74) is 2.33.